The molecule has 3 aromatic carbocycles. The van der Waals surface area contributed by atoms with Crippen molar-refractivity contribution in [3.8, 4) is 28.6 Å². The molecule has 10 heteroatoms. The first kappa shape index (κ1) is 30.2. The number of rotatable bonds is 11. The fraction of sp³-hybridized carbons (Fsp3) is 0.333. The van der Waals surface area contributed by atoms with Crippen LogP contribution in [0, 0.1) is 0 Å². The van der Waals surface area contributed by atoms with E-state index in [9.17, 15) is 9.59 Å². The van der Waals surface area contributed by atoms with Crippen LogP contribution in [0.15, 0.2) is 84.0 Å². The molecule has 0 saturated carbocycles. The first-order valence-electron chi connectivity index (χ1n) is 14.5. The fourth-order valence-electron chi connectivity index (χ4n) is 5.21. The number of thioether (sulfide) groups is 1. The van der Waals surface area contributed by atoms with Gasteiger partial charge in [-0.1, -0.05) is 48.2 Å². The zero-order chi connectivity index (χ0) is 30.2. The Bertz CT molecular complexity index is 1530. The van der Waals surface area contributed by atoms with Crippen LogP contribution in [-0.4, -0.2) is 82.0 Å². The van der Waals surface area contributed by atoms with Crippen molar-refractivity contribution in [1.29, 1.82) is 0 Å². The summed E-state index contributed by atoms with van der Waals surface area (Å²) in [5.74, 6) is 3.14. The highest BCUT2D eigenvalue weighted by molar-refractivity contribution is 7.99. The molecule has 224 valence electrons. The summed E-state index contributed by atoms with van der Waals surface area (Å²) in [7, 11) is 3.24. The second-order valence-electron chi connectivity index (χ2n) is 10.4. The van der Waals surface area contributed by atoms with Gasteiger partial charge in [0.1, 0.15) is 11.5 Å². The summed E-state index contributed by atoms with van der Waals surface area (Å²) in [5.41, 5.74) is 2.55. The van der Waals surface area contributed by atoms with Gasteiger partial charge in [0, 0.05) is 54.7 Å². The van der Waals surface area contributed by atoms with Crippen molar-refractivity contribution >= 4 is 23.6 Å². The van der Waals surface area contributed by atoms with E-state index < -0.39 is 0 Å². The standard InChI is InChI=1S/C33H37N5O4S/c1-24-23-36(19-20-37(24)32(40)26-12-9-13-29(22-26)42-3)30(39)14-7-8-21-43-33-35-34-31(25-10-5-4-6-11-25)38(33)27-15-17-28(41-2)18-16-27/h4-6,9-13,15-18,22,24H,7-8,14,19-21,23H2,1-3H3. The van der Waals surface area contributed by atoms with Gasteiger partial charge in [-0.3, -0.25) is 14.2 Å². The molecule has 0 N–H and O–H groups in total. The van der Waals surface area contributed by atoms with Gasteiger partial charge in [0.05, 0.1) is 14.2 Å². The fourth-order valence-corrected chi connectivity index (χ4v) is 6.16. The van der Waals surface area contributed by atoms with Crippen molar-refractivity contribution in [2.24, 2.45) is 0 Å². The topological polar surface area (TPSA) is 89.8 Å². The molecule has 2 amide bonds. The monoisotopic (exact) mass is 599 g/mol. The van der Waals surface area contributed by atoms with Gasteiger partial charge in [-0.05, 0) is 62.2 Å². The van der Waals surface area contributed by atoms with Crippen LogP contribution < -0.4 is 9.47 Å². The van der Waals surface area contributed by atoms with E-state index in [-0.39, 0.29) is 17.9 Å². The maximum Gasteiger partial charge on any atom is 0.254 e. The molecule has 1 aliphatic heterocycles. The maximum atomic E-state index is 13.1. The Hall–Kier alpha value is -4.31. The van der Waals surface area contributed by atoms with Gasteiger partial charge in [-0.15, -0.1) is 10.2 Å². The van der Waals surface area contributed by atoms with E-state index in [0.717, 1.165) is 46.6 Å². The van der Waals surface area contributed by atoms with Crippen molar-refractivity contribution in [2.75, 3.05) is 39.6 Å². The normalized spacial score (nSPS) is 14.9. The molecule has 5 rings (SSSR count). The summed E-state index contributed by atoms with van der Waals surface area (Å²) in [6.45, 7) is 3.60. The van der Waals surface area contributed by atoms with Crippen LogP contribution >= 0.6 is 11.8 Å². The van der Waals surface area contributed by atoms with E-state index in [1.54, 1.807) is 38.1 Å². The maximum absolute atomic E-state index is 13.1. The molecule has 0 radical (unpaired) electrons. The summed E-state index contributed by atoms with van der Waals surface area (Å²) in [6, 6.07) is 25.0. The molecule has 1 saturated heterocycles. The summed E-state index contributed by atoms with van der Waals surface area (Å²) in [6.07, 6.45) is 2.14. The van der Waals surface area contributed by atoms with Crippen LogP contribution in [0.4, 0.5) is 0 Å². The SMILES string of the molecule is COc1ccc(-n2c(SCCCCC(=O)N3CCN(C(=O)c4cccc(OC)c4)C(C)C3)nnc2-c2ccccc2)cc1. The number of methoxy groups -OCH3 is 2. The Morgan fingerprint density at radius 1 is 0.884 bits per heavy atom. The van der Waals surface area contributed by atoms with Crippen LogP contribution in [0.2, 0.25) is 0 Å². The first-order valence-corrected chi connectivity index (χ1v) is 15.5. The van der Waals surface area contributed by atoms with Crippen LogP contribution in [0.5, 0.6) is 11.5 Å². The number of piperazine rings is 1. The molecule has 9 nitrogen and oxygen atoms in total. The number of unbranched alkanes of at least 4 members (excludes halogenated alkanes) is 1. The quantitative estimate of drug-likeness (QED) is 0.164. The molecule has 43 heavy (non-hydrogen) atoms. The summed E-state index contributed by atoms with van der Waals surface area (Å²) in [5, 5.41) is 9.83. The minimum absolute atomic E-state index is 0.0339. The molecule has 0 spiro atoms. The van der Waals surface area contributed by atoms with Crippen molar-refractivity contribution in [3.63, 3.8) is 0 Å². The van der Waals surface area contributed by atoms with Crippen molar-refractivity contribution < 1.29 is 19.1 Å². The Labute approximate surface area is 256 Å². The first-order chi connectivity index (χ1) is 21.0. The second-order valence-corrected chi connectivity index (χ2v) is 11.5. The van der Waals surface area contributed by atoms with Gasteiger partial charge in [0.15, 0.2) is 11.0 Å². The van der Waals surface area contributed by atoms with Crippen molar-refractivity contribution in [2.45, 2.75) is 37.4 Å². The predicted octanol–water partition coefficient (Wildman–Crippen LogP) is 5.59. The van der Waals surface area contributed by atoms with Crippen molar-refractivity contribution in [1.82, 2.24) is 24.6 Å². The minimum atomic E-state index is -0.0601. The highest BCUT2D eigenvalue weighted by Crippen LogP contribution is 2.29. The highest BCUT2D eigenvalue weighted by Gasteiger charge is 2.30. The van der Waals surface area contributed by atoms with Crippen molar-refractivity contribution in [3.05, 3.63) is 84.4 Å². The number of amides is 2. The largest absolute Gasteiger partial charge is 0.497 e. The van der Waals surface area contributed by atoms with Gasteiger partial charge in [-0.2, -0.15) is 0 Å². The summed E-state index contributed by atoms with van der Waals surface area (Å²) >= 11 is 1.64. The third-order valence-electron chi connectivity index (χ3n) is 7.57. The Kier molecular flexibility index (Phi) is 9.99. The van der Waals surface area contributed by atoms with Gasteiger partial charge in [0.25, 0.3) is 5.91 Å². The molecule has 2 heterocycles. The molecular formula is C33H37N5O4S. The molecule has 0 bridgehead atoms. The zero-order valence-electron chi connectivity index (χ0n) is 24.8. The lowest BCUT2D eigenvalue weighted by molar-refractivity contribution is -0.133. The van der Waals surface area contributed by atoms with E-state index in [1.165, 1.54) is 0 Å². The molecule has 0 aliphatic carbocycles. The number of hydrogen-bond acceptors (Lipinski definition) is 7. The lowest BCUT2D eigenvalue weighted by Gasteiger charge is -2.40. The van der Waals surface area contributed by atoms with Crippen LogP contribution in [-0.2, 0) is 4.79 Å². The molecule has 1 unspecified atom stereocenters. The number of carbonyl (C=O) groups excluding carboxylic acids is 2. The molecule has 4 aromatic rings. The third-order valence-corrected chi connectivity index (χ3v) is 8.59. The average molecular weight is 600 g/mol. The molecule has 1 aromatic heterocycles. The average Bonchev–Trinajstić information content (AvgIpc) is 3.48. The molecule has 1 atom stereocenters. The van der Waals surface area contributed by atoms with E-state index in [0.29, 0.717) is 37.4 Å². The molecular weight excluding hydrogens is 562 g/mol. The van der Waals surface area contributed by atoms with Crippen LogP contribution in [0.25, 0.3) is 17.1 Å². The molecule has 1 fully saturated rings. The van der Waals surface area contributed by atoms with Crippen LogP contribution in [0.3, 0.4) is 0 Å². The molecule has 1 aliphatic rings. The number of benzene rings is 3. The van der Waals surface area contributed by atoms with E-state index in [2.05, 4.69) is 14.8 Å². The van der Waals surface area contributed by atoms with E-state index >= 15 is 0 Å². The van der Waals surface area contributed by atoms with Gasteiger partial charge < -0.3 is 19.3 Å². The van der Waals surface area contributed by atoms with E-state index in [4.69, 9.17) is 9.47 Å². The second kappa shape index (κ2) is 14.2. The number of aromatic nitrogens is 3. The number of nitrogens with zero attached hydrogens (tertiary/aromatic N) is 5. The van der Waals surface area contributed by atoms with Gasteiger partial charge in [-0.25, -0.2) is 0 Å². The lowest BCUT2D eigenvalue weighted by atomic mass is 10.1. The predicted molar refractivity (Wildman–Crippen MR) is 168 cm³/mol. The number of ether oxygens (including phenoxy) is 2. The Morgan fingerprint density at radius 2 is 1.65 bits per heavy atom. The Morgan fingerprint density at radius 3 is 2.37 bits per heavy atom. The number of hydrogen-bond donors (Lipinski definition) is 0. The Balaban J connectivity index is 1.13. The zero-order valence-corrected chi connectivity index (χ0v) is 25.6. The van der Waals surface area contributed by atoms with Gasteiger partial charge in [0.2, 0.25) is 5.91 Å². The summed E-state index contributed by atoms with van der Waals surface area (Å²) in [4.78, 5) is 29.8. The minimum Gasteiger partial charge on any atom is -0.497 e. The highest BCUT2D eigenvalue weighted by atomic mass is 32.2. The number of carbonyl (C=O) groups is 2. The smallest absolute Gasteiger partial charge is 0.254 e. The van der Waals surface area contributed by atoms with E-state index in [1.807, 2.05) is 83.5 Å². The van der Waals surface area contributed by atoms with Gasteiger partial charge >= 0.3 is 0 Å². The summed E-state index contributed by atoms with van der Waals surface area (Å²) < 4.78 is 12.7. The third kappa shape index (κ3) is 7.19. The lowest BCUT2D eigenvalue weighted by Crippen LogP contribution is -2.55. The van der Waals surface area contributed by atoms with Crippen LogP contribution in [0.1, 0.15) is 36.5 Å².